The fraction of sp³-hybridized carbons (Fsp3) is 0.533. The number of hydrogen-bond acceptors (Lipinski definition) is 3. The fourth-order valence-electron chi connectivity index (χ4n) is 3.03. The molecule has 1 aromatic carbocycles. The van der Waals surface area contributed by atoms with Gasteiger partial charge in [-0.2, -0.15) is 0 Å². The maximum absolute atomic E-state index is 11.3. The average molecular weight is 298 g/mol. The highest BCUT2D eigenvalue weighted by atomic mass is 35.5. The number of carboxylic acid groups (broad SMARTS) is 1. The molecule has 0 radical (unpaired) electrons. The quantitative estimate of drug-likeness (QED) is 0.832. The summed E-state index contributed by atoms with van der Waals surface area (Å²) >= 11 is 6.10. The van der Waals surface area contributed by atoms with Crippen molar-refractivity contribution in [2.24, 2.45) is 11.8 Å². The Labute approximate surface area is 123 Å². The smallest absolute Gasteiger partial charge is 0.339 e. The van der Waals surface area contributed by atoms with Gasteiger partial charge >= 0.3 is 5.97 Å². The standard InChI is InChI=1S/C15H20ClNO3/c1-8-3-9(2)5-11(4-8)20-14-12(15(18)19)6-10(17)7-13(14)16/h6-9,11H,3-5,17H2,1-2H3,(H,18,19). The van der Waals surface area contributed by atoms with Gasteiger partial charge in [-0.15, -0.1) is 0 Å². The number of nitrogens with two attached hydrogens (primary N) is 1. The molecule has 4 nitrogen and oxygen atoms in total. The van der Waals surface area contributed by atoms with Gasteiger partial charge < -0.3 is 15.6 Å². The number of ether oxygens (including phenoxy) is 1. The van der Waals surface area contributed by atoms with Crippen LogP contribution in [0.2, 0.25) is 5.02 Å². The van der Waals surface area contributed by atoms with Crippen molar-refractivity contribution < 1.29 is 14.6 Å². The van der Waals surface area contributed by atoms with E-state index in [9.17, 15) is 9.90 Å². The van der Waals surface area contributed by atoms with E-state index in [1.807, 2.05) is 0 Å². The van der Waals surface area contributed by atoms with Crippen LogP contribution in [-0.4, -0.2) is 17.2 Å². The molecule has 0 spiro atoms. The second-order valence-corrected chi connectivity index (χ2v) is 6.25. The van der Waals surface area contributed by atoms with Crippen molar-refractivity contribution in [3.8, 4) is 5.75 Å². The first-order valence-electron chi connectivity index (χ1n) is 6.85. The minimum atomic E-state index is -1.08. The van der Waals surface area contributed by atoms with Crippen LogP contribution in [0.3, 0.4) is 0 Å². The molecule has 2 rings (SSSR count). The van der Waals surface area contributed by atoms with E-state index in [1.165, 1.54) is 18.6 Å². The van der Waals surface area contributed by atoms with Crippen LogP contribution in [0.25, 0.3) is 0 Å². The van der Waals surface area contributed by atoms with E-state index < -0.39 is 5.97 Å². The van der Waals surface area contributed by atoms with Gasteiger partial charge in [0, 0.05) is 5.69 Å². The summed E-state index contributed by atoms with van der Waals surface area (Å²) in [7, 11) is 0. The second kappa shape index (κ2) is 5.92. The third kappa shape index (κ3) is 3.37. The Morgan fingerprint density at radius 3 is 2.45 bits per heavy atom. The molecule has 1 aliphatic carbocycles. The molecular weight excluding hydrogens is 278 g/mol. The van der Waals surface area contributed by atoms with Gasteiger partial charge in [-0.05, 0) is 43.2 Å². The van der Waals surface area contributed by atoms with Crippen LogP contribution < -0.4 is 10.5 Å². The average Bonchev–Trinajstić information content (AvgIpc) is 2.30. The van der Waals surface area contributed by atoms with Gasteiger partial charge in [0.2, 0.25) is 0 Å². The Balaban J connectivity index is 2.26. The molecule has 3 N–H and O–H groups in total. The maximum Gasteiger partial charge on any atom is 0.339 e. The molecule has 2 atom stereocenters. The molecular formula is C15H20ClNO3. The lowest BCUT2D eigenvalue weighted by Crippen LogP contribution is -2.29. The van der Waals surface area contributed by atoms with E-state index in [0.29, 0.717) is 17.5 Å². The molecule has 0 saturated heterocycles. The van der Waals surface area contributed by atoms with Gasteiger partial charge in [-0.3, -0.25) is 0 Å². The predicted octanol–water partition coefficient (Wildman–Crippen LogP) is 3.82. The van der Waals surface area contributed by atoms with Gasteiger partial charge in [0.05, 0.1) is 11.1 Å². The van der Waals surface area contributed by atoms with Crippen molar-refractivity contribution in [1.82, 2.24) is 0 Å². The van der Waals surface area contributed by atoms with Gasteiger partial charge in [0.1, 0.15) is 5.56 Å². The van der Waals surface area contributed by atoms with Crippen molar-refractivity contribution in [1.29, 1.82) is 0 Å². The van der Waals surface area contributed by atoms with E-state index in [1.54, 1.807) is 0 Å². The molecule has 0 aromatic heterocycles. The lowest BCUT2D eigenvalue weighted by atomic mass is 9.82. The lowest BCUT2D eigenvalue weighted by Gasteiger charge is -2.32. The zero-order chi connectivity index (χ0) is 14.9. The van der Waals surface area contributed by atoms with Gasteiger partial charge in [-0.25, -0.2) is 4.79 Å². The molecule has 0 bridgehead atoms. The molecule has 1 aromatic rings. The molecule has 110 valence electrons. The zero-order valence-electron chi connectivity index (χ0n) is 11.7. The van der Waals surface area contributed by atoms with Gasteiger partial charge in [0.15, 0.2) is 5.75 Å². The van der Waals surface area contributed by atoms with E-state index in [-0.39, 0.29) is 22.4 Å². The van der Waals surface area contributed by atoms with Crippen molar-refractivity contribution in [3.63, 3.8) is 0 Å². The Morgan fingerprint density at radius 2 is 1.90 bits per heavy atom. The highest BCUT2D eigenvalue weighted by Crippen LogP contribution is 2.36. The van der Waals surface area contributed by atoms with E-state index in [2.05, 4.69) is 13.8 Å². The Bertz CT molecular complexity index is 508. The molecule has 5 heteroatoms. The summed E-state index contributed by atoms with van der Waals surface area (Å²) in [6, 6.07) is 2.91. The first-order valence-corrected chi connectivity index (χ1v) is 7.23. The second-order valence-electron chi connectivity index (χ2n) is 5.84. The number of carbonyl (C=O) groups is 1. The minimum absolute atomic E-state index is 0.00738. The molecule has 1 fully saturated rings. The Morgan fingerprint density at radius 1 is 1.30 bits per heavy atom. The van der Waals surface area contributed by atoms with Gasteiger partial charge in [-0.1, -0.05) is 25.4 Å². The zero-order valence-corrected chi connectivity index (χ0v) is 12.5. The number of anilines is 1. The van der Waals surface area contributed by atoms with Crippen molar-refractivity contribution in [2.45, 2.75) is 39.2 Å². The number of benzene rings is 1. The fourth-order valence-corrected chi connectivity index (χ4v) is 3.30. The van der Waals surface area contributed by atoms with Crippen molar-refractivity contribution in [2.75, 3.05) is 5.73 Å². The van der Waals surface area contributed by atoms with Crippen LogP contribution in [-0.2, 0) is 0 Å². The molecule has 0 heterocycles. The number of aromatic carboxylic acids is 1. The molecule has 2 unspecified atom stereocenters. The molecule has 0 aliphatic heterocycles. The number of nitrogen functional groups attached to an aromatic ring is 1. The van der Waals surface area contributed by atoms with Crippen molar-refractivity contribution >= 4 is 23.3 Å². The summed E-state index contributed by atoms with van der Waals surface area (Å²) in [5, 5.41) is 9.51. The van der Waals surface area contributed by atoms with E-state index in [0.717, 1.165) is 12.8 Å². The summed E-state index contributed by atoms with van der Waals surface area (Å²) in [5.74, 6) is 0.306. The number of hydrogen-bond donors (Lipinski definition) is 2. The lowest BCUT2D eigenvalue weighted by molar-refractivity contribution is 0.0676. The third-order valence-electron chi connectivity index (χ3n) is 3.72. The predicted molar refractivity (Wildman–Crippen MR) is 79.4 cm³/mol. The summed E-state index contributed by atoms with van der Waals surface area (Å²) < 4.78 is 5.91. The highest BCUT2D eigenvalue weighted by molar-refractivity contribution is 6.33. The van der Waals surface area contributed by atoms with Crippen LogP contribution >= 0.6 is 11.6 Å². The molecule has 1 saturated carbocycles. The molecule has 20 heavy (non-hydrogen) atoms. The first-order chi connectivity index (χ1) is 9.36. The normalized spacial score (nSPS) is 26.2. The SMILES string of the molecule is CC1CC(C)CC(Oc2c(Cl)cc(N)cc2C(=O)O)C1. The van der Waals surface area contributed by atoms with Crippen LogP contribution in [0, 0.1) is 11.8 Å². The van der Waals surface area contributed by atoms with E-state index in [4.69, 9.17) is 22.1 Å². The number of halogens is 1. The molecule has 0 amide bonds. The number of rotatable bonds is 3. The van der Waals surface area contributed by atoms with Crippen LogP contribution in [0.5, 0.6) is 5.75 Å². The highest BCUT2D eigenvalue weighted by Gasteiger charge is 2.27. The third-order valence-corrected chi connectivity index (χ3v) is 4.00. The topological polar surface area (TPSA) is 72.5 Å². The monoisotopic (exact) mass is 297 g/mol. The summed E-state index contributed by atoms with van der Waals surface area (Å²) in [6.07, 6.45) is 3.03. The Kier molecular flexibility index (Phi) is 4.43. The molecule has 1 aliphatic rings. The minimum Gasteiger partial charge on any atom is -0.488 e. The summed E-state index contributed by atoms with van der Waals surface area (Å²) in [5.41, 5.74) is 5.99. The summed E-state index contributed by atoms with van der Waals surface area (Å²) in [4.78, 5) is 11.3. The van der Waals surface area contributed by atoms with Crippen molar-refractivity contribution in [3.05, 3.63) is 22.7 Å². The van der Waals surface area contributed by atoms with Gasteiger partial charge in [0.25, 0.3) is 0 Å². The number of carboxylic acids is 1. The summed E-state index contributed by atoms with van der Waals surface area (Å²) in [6.45, 7) is 4.38. The van der Waals surface area contributed by atoms with Crippen LogP contribution in [0.15, 0.2) is 12.1 Å². The Hall–Kier alpha value is -1.42. The van der Waals surface area contributed by atoms with Crippen LogP contribution in [0.4, 0.5) is 5.69 Å². The first kappa shape index (κ1) is 15.0. The van der Waals surface area contributed by atoms with E-state index >= 15 is 0 Å². The largest absolute Gasteiger partial charge is 0.488 e. The van der Waals surface area contributed by atoms with Crippen LogP contribution in [0.1, 0.15) is 43.5 Å². The maximum atomic E-state index is 11.3.